The molecule has 2 nitrogen and oxygen atoms in total. The van der Waals surface area contributed by atoms with Crippen LogP contribution in [0.3, 0.4) is 0 Å². The number of nitrogens with one attached hydrogen (secondary N) is 1. The molecule has 0 saturated carbocycles. The monoisotopic (exact) mass is 254 g/mol. The summed E-state index contributed by atoms with van der Waals surface area (Å²) in [4.78, 5) is 2.34. The molecule has 0 spiro atoms. The second-order valence-electron chi connectivity index (χ2n) is 4.79. The minimum atomic E-state index is 0.566. The van der Waals surface area contributed by atoms with Crippen LogP contribution in [0, 0.1) is 0 Å². The van der Waals surface area contributed by atoms with E-state index in [-0.39, 0.29) is 0 Å². The van der Waals surface area contributed by atoms with Crippen molar-refractivity contribution < 1.29 is 0 Å². The first-order chi connectivity index (χ1) is 8.08. The largest absolute Gasteiger partial charge is 0.313 e. The molecule has 1 N–H and O–H groups in total. The maximum absolute atomic E-state index is 5.95. The Morgan fingerprint density at radius 2 is 2.06 bits per heavy atom. The number of rotatable bonds is 7. The van der Waals surface area contributed by atoms with Crippen LogP contribution in [0.4, 0.5) is 0 Å². The molecule has 1 rings (SSSR count). The molecule has 0 fully saturated rings. The Bertz CT molecular complexity index is 326. The van der Waals surface area contributed by atoms with Gasteiger partial charge in [-0.3, -0.25) is 0 Å². The lowest BCUT2D eigenvalue weighted by atomic mass is 10.1. The minimum absolute atomic E-state index is 0.566. The van der Waals surface area contributed by atoms with E-state index >= 15 is 0 Å². The van der Waals surface area contributed by atoms with E-state index in [1.54, 1.807) is 0 Å². The molecule has 0 heterocycles. The fraction of sp³-hybridized carbons (Fsp3) is 0.571. The van der Waals surface area contributed by atoms with Gasteiger partial charge in [-0.2, -0.15) is 0 Å². The summed E-state index contributed by atoms with van der Waals surface area (Å²) in [7, 11) is 2.16. The van der Waals surface area contributed by atoms with E-state index in [0.29, 0.717) is 6.04 Å². The van der Waals surface area contributed by atoms with Crippen molar-refractivity contribution >= 4 is 11.6 Å². The van der Waals surface area contributed by atoms with E-state index in [1.165, 1.54) is 5.56 Å². The molecule has 0 aliphatic carbocycles. The van der Waals surface area contributed by atoms with Crippen molar-refractivity contribution in [3.8, 4) is 0 Å². The molecule has 3 heteroatoms. The van der Waals surface area contributed by atoms with E-state index in [1.807, 2.05) is 18.2 Å². The number of halogens is 1. The molecular weight excluding hydrogens is 232 g/mol. The number of likely N-dealkylation sites (N-methyl/N-ethyl adjacent to an activating group) is 1. The van der Waals surface area contributed by atoms with E-state index in [2.05, 4.69) is 37.2 Å². The first-order valence-corrected chi connectivity index (χ1v) is 6.62. The fourth-order valence-corrected chi connectivity index (χ4v) is 1.88. The molecule has 17 heavy (non-hydrogen) atoms. The Hall–Kier alpha value is -0.570. The third-order valence-electron chi connectivity index (χ3n) is 2.72. The van der Waals surface area contributed by atoms with Crippen LogP contribution in [0.2, 0.25) is 5.02 Å². The second kappa shape index (κ2) is 7.70. The standard InChI is InChI=1S/C14H23ClN2/c1-12(2)16-8-10-17(3)9-7-13-5-4-6-14(15)11-13/h4-6,11-12,16H,7-10H2,1-3H3. The Labute approximate surface area is 110 Å². The first-order valence-electron chi connectivity index (χ1n) is 6.24. The molecule has 0 aromatic heterocycles. The van der Waals surface area contributed by atoms with Crippen molar-refractivity contribution in [3.63, 3.8) is 0 Å². The summed E-state index contributed by atoms with van der Waals surface area (Å²) in [6.07, 6.45) is 1.05. The maximum Gasteiger partial charge on any atom is 0.0408 e. The highest BCUT2D eigenvalue weighted by atomic mass is 35.5. The van der Waals surface area contributed by atoms with Crippen LogP contribution in [0.5, 0.6) is 0 Å². The van der Waals surface area contributed by atoms with Crippen molar-refractivity contribution in [1.29, 1.82) is 0 Å². The van der Waals surface area contributed by atoms with Gasteiger partial charge in [-0.25, -0.2) is 0 Å². The zero-order chi connectivity index (χ0) is 12.7. The third kappa shape index (κ3) is 6.67. The normalized spacial score (nSPS) is 11.4. The highest BCUT2D eigenvalue weighted by molar-refractivity contribution is 6.30. The SMILES string of the molecule is CC(C)NCCN(C)CCc1cccc(Cl)c1. The predicted octanol–water partition coefficient (Wildman–Crippen LogP) is 2.81. The number of benzene rings is 1. The molecule has 0 aliphatic heterocycles. The van der Waals surface area contributed by atoms with Gasteiger partial charge in [0.2, 0.25) is 0 Å². The first kappa shape index (κ1) is 14.5. The van der Waals surface area contributed by atoms with Crippen LogP contribution in [0.15, 0.2) is 24.3 Å². The molecule has 0 bridgehead atoms. The van der Waals surface area contributed by atoms with Gasteiger partial charge < -0.3 is 10.2 Å². The van der Waals surface area contributed by atoms with E-state index in [4.69, 9.17) is 11.6 Å². The number of hydrogen-bond donors (Lipinski definition) is 1. The van der Waals surface area contributed by atoms with Crippen LogP contribution >= 0.6 is 11.6 Å². The molecule has 0 atom stereocenters. The van der Waals surface area contributed by atoms with Gasteiger partial charge in [0.25, 0.3) is 0 Å². The summed E-state index contributed by atoms with van der Waals surface area (Å²) >= 11 is 5.95. The Balaban J connectivity index is 2.21. The number of nitrogens with zero attached hydrogens (tertiary/aromatic N) is 1. The molecule has 0 saturated heterocycles. The van der Waals surface area contributed by atoms with Gasteiger partial charge in [0.05, 0.1) is 0 Å². The van der Waals surface area contributed by atoms with Crippen molar-refractivity contribution in [3.05, 3.63) is 34.9 Å². The quantitative estimate of drug-likeness (QED) is 0.805. The third-order valence-corrected chi connectivity index (χ3v) is 2.95. The molecule has 1 aromatic rings. The highest BCUT2D eigenvalue weighted by Gasteiger charge is 2.00. The van der Waals surface area contributed by atoms with E-state index in [9.17, 15) is 0 Å². The zero-order valence-electron chi connectivity index (χ0n) is 11.0. The average molecular weight is 255 g/mol. The molecule has 1 aromatic carbocycles. The van der Waals surface area contributed by atoms with Crippen LogP contribution in [0.1, 0.15) is 19.4 Å². The van der Waals surface area contributed by atoms with Crippen LogP contribution in [-0.4, -0.2) is 37.6 Å². The molecule has 0 unspecified atom stereocenters. The summed E-state index contributed by atoms with van der Waals surface area (Å²) in [6.45, 7) is 7.54. The Morgan fingerprint density at radius 1 is 1.29 bits per heavy atom. The lowest BCUT2D eigenvalue weighted by molar-refractivity contribution is 0.331. The van der Waals surface area contributed by atoms with Gasteiger partial charge in [0.15, 0.2) is 0 Å². The highest BCUT2D eigenvalue weighted by Crippen LogP contribution is 2.11. The molecule has 0 aliphatic rings. The zero-order valence-corrected chi connectivity index (χ0v) is 11.8. The van der Waals surface area contributed by atoms with Crippen molar-refractivity contribution in [1.82, 2.24) is 10.2 Å². The smallest absolute Gasteiger partial charge is 0.0408 e. The fourth-order valence-electron chi connectivity index (χ4n) is 1.67. The lowest BCUT2D eigenvalue weighted by Gasteiger charge is -2.18. The second-order valence-corrected chi connectivity index (χ2v) is 5.23. The van der Waals surface area contributed by atoms with Crippen LogP contribution in [0.25, 0.3) is 0 Å². The summed E-state index contributed by atoms with van der Waals surface area (Å²) in [5, 5.41) is 4.25. The van der Waals surface area contributed by atoms with Gasteiger partial charge in [0.1, 0.15) is 0 Å². The Morgan fingerprint density at radius 3 is 2.71 bits per heavy atom. The van der Waals surface area contributed by atoms with E-state index in [0.717, 1.165) is 31.1 Å². The predicted molar refractivity (Wildman–Crippen MR) is 75.8 cm³/mol. The molecule has 0 radical (unpaired) electrons. The minimum Gasteiger partial charge on any atom is -0.313 e. The summed E-state index contributed by atoms with van der Waals surface area (Å²) in [6, 6.07) is 8.67. The van der Waals surface area contributed by atoms with Gasteiger partial charge in [-0.1, -0.05) is 37.6 Å². The lowest BCUT2D eigenvalue weighted by Crippen LogP contribution is -2.33. The molecule has 96 valence electrons. The average Bonchev–Trinajstić information content (AvgIpc) is 2.26. The summed E-state index contributed by atoms with van der Waals surface area (Å²) < 4.78 is 0. The van der Waals surface area contributed by atoms with Crippen molar-refractivity contribution in [2.75, 3.05) is 26.7 Å². The molecular formula is C14H23ClN2. The maximum atomic E-state index is 5.95. The van der Waals surface area contributed by atoms with Gasteiger partial charge in [0, 0.05) is 30.7 Å². The topological polar surface area (TPSA) is 15.3 Å². The van der Waals surface area contributed by atoms with Crippen LogP contribution in [-0.2, 0) is 6.42 Å². The Kier molecular flexibility index (Phi) is 6.56. The summed E-state index contributed by atoms with van der Waals surface area (Å²) in [5.41, 5.74) is 1.31. The molecule has 0 amide bonds. The van der Waals surface area contributed by atoms with Gasteiger partial charge in [-0.15, -0.1) is 0 Å². The van der Waals surface area contributed by atoms with Crippen molar-refractivity contribution in [2.45, 2.75) is 26.3 Å². The number of hydrogen-bond acceptors (Lipinski definition) is 2. The van der Waals surface area contributed by atoms with Crippen LogP contribution < -0.4 is 5.32 Å². The summed E-state index contributed by atoms with van der Waals surface area (Å²) in [5.74, 6) is 0. The van der Waals surface area contributed by atoms with Gasteiger partial charge in [-0.05, 0) is 31.2 Å². The van der Waals surface area contributed by atoms with E-state index < -0.39 is 0 Å². The van der Waals surface area contributed by atoms with Gasteiger partial charge >= 0.3 is 0 Å². The van der Waals surface area contributed by atoms with Crippen molar-refractivity contribution in [2.24, 2.45) is 0 Å².